The molecule has 2 aromatic heterocycles. The SMILES string of the molecule is Cc1nn(CCC(=O)N2CCN(Cc3cccnc3)CC2)cc1[N+](=O)[O-]. The summed E-state index contributed by atoms with van der Waals surface area (Å²) in [6, 6.07) is 3.98. The van der Waals surface area contributed by atoms with Gasteiger partial charge in [-0.05, 0) is 18.6 Å². The van der Waals surface area contributed by atoms with Crippen LogP contribution in [-0.2, 0) is 17.9 Å². The summed E-state index contributed by atoms with van der Waals surface area (Å²) >= 11 is 0. The van der Waals surface area contributed by atoms with Gasteiger partial charge in [0.05, 0.1) is 4.92 Å². The van der Waals surface area contributed by atoms with Crippen LogP contribution in [0.4, 0.5) is 5.69 Å². The highest BCUT2D eigenvalue weighted by Gasteiger charge is 2.22. The number of hydrogen-bond donors (Lipinski definition) is 0. The summed E-state index contributed by atoms with van der Waals surface area (Å²) in [5.74, 6) is 0.0573. The Bertz CT molecular complexity index is 768. The third kappa shape index (κ3) is 4.42. The molecule has 0 aliphatic carbocycles. The fraction of sp³-hybridized carbons (Fsp3) is 0.471. The molecular formula is C17H22N6O3. The highest BCUT2D eigenvalue weighted by atomic mass is 16.6. The second-order valence-corrected chi connectivity index (χ2v) is 6.39. The van der Waals surface area contributed by atoms with Gasteiger partial charge in [0.2, 0.25) is 5.91 Å². The number of hydrogen-bond acceptors (Lipinski definition) is 6. The Hall–Kier alpha value is -2.81. The lowest BCUT2D eigenvalue weighted by Gasteiger charge is -2.34. The van der Waals surface area contributed by atoms with Crippen molar-refractivity contribution in [3.05, 3.63) is 52.1 Å². The molecule has 1 fully saturated rings. The van der Waals surface area contributed by atoms with Crippen LogP contribution in [0.25, 0.3) is 0 Å². The first-order chi connectivity index (χ1) is 12.5. The minimum Gasteiger partial charge on any atom is -0.340 e. The molecule has 0 radical (unpaired) electrons. The maximum Gasteiger partial charge on any atom is 0.309 e. The van der Waals surface area contributed by atoms with E-state index in [9.17, 15) is 14.9 Å². The van der Waals surface area contributed by atoms with E-state index in [-0.39, 0.29) is 11.6 Å². The smallest absolute Gasteiger partial charge is 0.309 e. The molecule has 0 atom stereocenters. The topological polar surface area (TPSA) is 97.4 Å². The number of rotatable bonds is 6. The predicted molar refractivity (Wildman–Crippen MR) is 94.3 cm³/mol. The van der Waals surface area contributed by atoms with Crippen molar-refractivity contribution in [3.63, 3.8) is 0 Å². The van der Waals surface area contributed by atoms with E-state index in [1.165, 1.54) is 16.4 Å². The van der Waals surface area contributed by atoms with Crippen LogP contribution < -0.4 is 0 Å². The molecule has 1 aliphatic rings. The highest BCUT2D eigenvalue weighted by Crippen LogP contribution is 2.15. The Morgan fingerprint density at radius 2 is 2.08 bits per heavy atom. The van der Waals surface area contributed by atoms with Gasteiger partial charge >= 0.3 is 5.69 Å². The van der Waals surface area contributed by atoms with E-state index in [0.29, 0.717) is 31.7 Å². The molecule has 0 N–H and O–H groups in total. The van der Waals surface area contributed by atoms with Gasteiger partial charge in [-0.25, -0.2) is 0 Å². The summed E-state index contributed by atoms with van der Waals surface area (Å²) in [5.41, 5.74) is 1.52. The minimum atomic E-state index is -0.456. The van der Waals surface area contributed by atoms with Gasteiger partial charge in [-0.2, -0.15) is 5.10 Å². The van der Waals surface area contributed by atoms with Crippen LogP contribution in [0.2, 0.25) is 0 Å². The monoisotopic (exact) mass is 358 g/mol. The van der Waals surface area contributed by atoms with E-state index in [0.717, 1.165) is 19.6 Å². The third-order valence-corrected chi connectivity index (χ3v) is 4.53. The van der Waals surface area contributed by atoms with Gasteiger partial charge in [-0.1, -0.05) is 6.07 Å². The van der Waals surface area contributed by atoms with Gasteiger partial charge in [0.25, 0.3) is 0 Å². The lowest BCUT2D eigenvalue weighted by atomic mass is 10.2. The summed E-state index contributed by atoms with van der Waals surface area (Å²) in [6.45, 7) is 5.82. The molecule has 3 rings (SSSR count). The number of pyridine rings is 1. The first-order valence-corrected chi connectivity index (χ1v) is 8.60. The van der Waals surface area contributed by atoms with Crippen molar-refractivity contribution in [2.24, 2.45) is 0 Å². The molecule has 2 aromatic rings. The minimum absolute atomic E-state index is 0.0125. The first-order valence-electron chi connectivity index (χ1n) is 8.60. The van der Waals surface area contributed by atoms with E-state index in [4.69, 9.17) is 0 Å². The van der Waals surface area contributed by atoms with E-state index >= 15 is 0 Å². The largest absolute Gasteiger partial charge is 0.340 e. The molecule has 3 heterocycles. The number of aryl methyl sites for hydroxylation is 2. The summed E-state index contributed by atoms with van der Waals surface area (Å²) in [4.78, 5) is 31.1. The van der Waals surface area contributed by atoms with Crippen LogP contribution in [0.1, 0.15) is 17.7 Å². The van der Waals surface area contributed by atoms with Crippen molar-refractivity contribution in [1.29, 1.82) is 0 Å². The first kappa shape index (κ1) is 18.0. The maximum atomic E-state index is 12.4. The van der Waals surface area contributed by atoms with Gasteiger partial charge < -0.3 is 4.90 Å². The van der Waals surface area contributed by atoms with Gasteiger partial charge in [-0.15, -0.1) is 0 Å². The lowest BCUT2D eigenvalue weighted by molar-refractivity contribution is -0.385. The number of piperazine rings is 1. The van der Waals surface area contributed by atoms with Crippen LogP contribution >= 0.6 is 0 Å². The Labute approximate surface area is 151 Å². The molecule has 138 valence electrons. The Balaban J connectivity index is 1.45. The van der Waals surface area contributed by atoms with E-state index in [1.54, 1.807) is 13.1 Å². The molecule has 0 spiro atoms. The fourth-order valence-corrected chi connectivity index (χ4v) is 3.07. The molecule has 0 unspecified atom stereocenters. The fourth-order valence-electron chi connectivity index (χ4n) is 3.07. The molecule has 0 bridgehead atoms. The number of carbonyl (C=O) groups is 1. The average molecular weight is 358 g/mol. The van der Waals surface area contributed by atoms with Crippen molar-refractivity contribution < 1.29 is 9.72 Å². The molecule has 9 nitrogen and oxygen atoms in total. The van der Waals surface area contributed by atoms with E-state index < -0.39 is 4.92 Å². The molecule has 1 amide bonds. The molecule has 26 heavy (non-hydrogen) atoms. The second kappa shape index (κ2) is 8.05. The van der Waals surface area contributed by atoms with E-state index in [1.807, 2.05) is 17.2 Å². The number of nitrogens with zero attached hydrogens (tertiary/aromatic N) is 6. The molecule has 0 aromatic carbocycles. The summed E-state index contributed by atoms with van der Waals surface area (Å²) in [6.07, 6.45) is 5.30. The summed E-state index contributed by atoms with van der Waals surface area (Å²) < 4.78 is 1.48. The van der Waals surface area contributed by atoms with Crippen LogP contribution in [0.5, 0.6) is 0 Å². The summed E-state index contributed by atoms with van der Waals surface area (Å²) in [7, 11) is 0. The van der Waals surface area contributed by atoms with Crippen molar-refractivity contribution >= 4 is 11.6 Å². The normalized spacial score (nSPS) is 15.2. The lowest BCUT2D eigenvalue weighted by Crippen LogP contribution is -2.48. The molecular weight excluding hydrogens is 336 g/mol. The van der Waals surface area contributed by atoms with Crippen molar-refractivity contribution in [2.75, 3.05) is 26.2 Å². The van der Waals surface area contributed by atoms with Crippen LogP contribution in [0.3, 0.4) is 0 Å². The molecule has 1 aliphatic heterocycles. The van der Waals surface area contributed by atoms with Crippen LogP contribution in [0, 0.1) is 17.0 Å². The average Bonchev–Trinajstić information content (AvgIpc) is 3.02. The Morgan fingerprint density at radius 1 is 1.31 bits per heavy atom. The molecule has 0 saturated carbocycles. The standard InChI is InChI=1S/C17H22N6O3/c1-14-16(23(25)26)13-22(19-14)6-4-17(24)21-9-7-20(8-10-21)12-15-3-2-5-18-11-15/h2-3,5,11,13H,4,6-10,12H2,1H3. The predicted octanol–water partition coefficient (Wildman–Crippen LogP) is 1.23. The van der Waals surface area contributed by atoms with Crippen molar-refractivity contribution in [3.8, 4) is 0 Å². The van der Waals surface area contributed by atoms with Crippen molar-refractivity contribution in [1.82, 2.24) is 24.6 Å². The van der Waals surface area contributed by atoms with Gasteiger partial charge in [0.1, 0.15) is 11.9 Å². The van der Waals surface area contributed by atoms with Crippen LogP contribution in [-0.4, -0.2) is 61.6 Å². The summed E-state index contributed by atoms with van der Waals surface area (Å²) in [5, 5.41) is 14.9. The maximum absolute atomic E-state index is 12.4. The van der Waals surface area contributed by atoms with Gasteiger partial charge in [0, 0.05) is 58.1 Å². The zero-order valence-corrected chi connectivity index (χ0v) is 14.7. The Morgan fingerprint density at radius 3 is 2.69 bits per heavy atom. The zero-order valence-electron chi connectivity index (χ0n) is 14.7. The Kier molecular flexibility index (Phi) is 5.57. The van der Waals surface area contributed by atoms with Gasteiger partial charge in [-0.3, -0.25) is 29.5 Å². The number of carbonyl (C=O) groups excluding carboxylic acids is 1. The number of amides is 1. The number of aromatic nitrogens is 3. The quantitative estimate of drug-likeness (QED) is 0.569. The van der Waals surface area contributed by atoms with Crippen LogP contribution in [0.15, 0.2) is 30.7 Å². The molecule has 9 heteroatoms. The van der Waals surface area contributed by atoms with Gasteiger partial charge in [0.15, 0.2) is 0 Å². The third-order valence-electron chi connectivity index (χ3n) is 4.53. The zero-order chi connectivity index (χ0) is 18.5. The second-order valence-electron chi connectivity index (χ2n) is 6.39. The highest BCUT2D eigenvalue weighted by molar-refractivity contribution is 5.76. The molecule has 1 saturated heterocycles. The van der Waals surface area contributed by atoms with E-state index in [2.05, 4.69) is 21.0 Å². The van der Waals surface area contributed by atoms with Crippen molar-refractivity contribution in [2.45, 2.75) is 26.4 Å². The number of nitro groups is 1.